The van der Waals surface area contributed by atoms with Gasteiger partial charge < -0.3 is 10.6 Å². The quantitative estimate of drug-likeness (QED) is 0.915. The van der Waals surface area contributed by atoms with E-state index in [9.17, 15) is 4.79 Å². The lowest BCUT2D eigenvalue weighted by Crippen LogP contribution is -2.43. The summed E-state index contributed by atoms with van der Waals surface area (Å²) in [5, 5.41) is 0.941. The smallest absolute Gasteiger partial charge is 0.291 e. The molecule has 5 heteroatoms. The molecule has 3 rings (SSSR count). The van der Waals surface area contributed by atoms with Gasteiger partial charge in [0.1, 0.15) is 0 Å². The largest absolute Gasteiger partial charge is 0.336 e. The molecule has 1 amide bonds. The molecular formula is C16H20N4O. The molecule has 2 aromatic rings. The highest BCUT2D eigenvalue weighted by molar-refractivity contribution is 5.92. The number of hydrogen-bond donors (Lipinski definition) is 1. The van der Waals surface area contributed by atoms with E-state index in [1.165, 1.54) is 0 Å². The summed E-state index contributed by atoms with van der Waals surface area (Å²) in [5.41, 5.74) is 6.80. The number of carbonyl (C=O) groups is 1. The zero-order valence-corrected chi connectivity index (χ0v) is 12.2. The Kier molecular flexibility index (Phi) is 3.84. The third-order valence-corrected chi connectivity index (χ3v) is 4.24. The summed E-state index contributed by atoms with van der Waals surface area (Å²) in [4.78, 5) is 22.9. The van der Waals surface area contributed by atoms with E-state index >= 15 is 0 Å². The van der Waals surface area contributed by atoms with Crippen molar-refractivity contribution in [2.75, 3.05) is 7.05 Å². The molecule has 1 saturated carbocycles. The van der Waals surface area contributed by atoms with E-state index in [1.54, 1.807) is 11.1 Å². The van der Waals surface area contributed by atoms with Gasteiger partial charge in [0.2, 0.25) is 5.82 Å². The van der Waals surface area contributed by atoms with Crippen LogP contribution in [0.1, 0.15) is 36.3 Å². The second kappa shape index (κ2) is 5.77. The molecule has 21 heavy (non-hydrogen) atoms. The average molecular weight is 284 g/mol. The first-order chi connectivity index (χ1) is 10.1. The van der Waals surface area contributed by atoms with E-state index in [2.05, 4.69) is 9.97 Å². The van der Waals surface area contributed by atoms with Gasteiger partial charge in [-0.15, -0.1) is 0 Å². The van der Waals surface area contributed by atoms with Crippen molar-refractivity contribution in [3.63, 3.8) is 0 Å². The highest BCUT2D eigenvalue weighted by Gasteiger charge is 2.27. The van der Waals surface area contributed by atoms with E-state index in [1.807, 2.05) is 31.3 Å². The van der Waals surface area contributed by atoms with Crippen molar-refractivity contribution in [2.45, 2.75) is 37.8 Å². The normalized spacial score (nSPS) is 22.2. The second-order valence-corrected chi connectivity index (χ2v) is 5.75. The fraction of sp³-hybridized carbons (Fsp3) is 0.438. The predicted molar refractivity (Wildman–Crippen MR) is 81.9 cm³/mol. The number of fused-ring (bicyclic) bond motifs is 1. The van der Waals surface area contributed by atoms with Crippen molar-refractivity contribution in [3.8, 4) is 0 Å². The minimum atomic E-state index is -0.125. The van der Waals surface area contributed by atoms with Crippen molar-refractivity contribution < 1.29 is 4.79 Å². The van der Waals surface area contributed by atoms with E-state index in [-0.39, 0.29) is 23.8 Å². The van der Waals surface area contributed by atoms with Crippen LogP contribution < -0.4 is 5.73 Å². The Morgan fingerprint density at radius 3 is 2.95 bits per heavy atom. The van der Waals surface area contributed by atoms with Gasteiger partial charge in [0.25, 0.3) is 5.91 Å². The first kappa shape index (κ1) is 13.9. The molecule has 1 aromatic carbocycles. The standard InChI is InChI=1S/C16H20N4O/c1-20(13-7-4-6-12(17)9-13)16(21)15-18-10-11-5-2-3-8-14(11)19-15/h2-3,5,8,10,12-13H,4,6-7,9,17H2,1H3. The summed E-state index contributed by atoms with van der Waals surface area (Å²) in [5.74, 6) is 0.134. The maximum atomic E-state index is 12.6. The van der Waals surface area contributed by atoms with E-state index in [4.69, 9.17) is 5.73 Å². The van der Waals surface area contributed by atoms with Gasteiger partial charge in [-0.3, -0.25) is 4.79 Å². The lowest BCUT2D eigenvalue weighted by Gasteiger charge is -2.33. The molecule has 1 aliphatic carbocycles. The van der Waals surface area contributed by atoms with Crippen molar-refractivity contribution in [2.24, 2.45) is 5.73 Å². The van der Waals surface area contributed by atoms with Gasteiger partial charge in [0.15, 0.2) is 0 Å². The first-order valence-electron chi connectivity index (χ1n) is 7.39. The number of benzene rings is 1. The maximum absolute atomic E-state index is 12.6. The average Bonchev–Trinajstić information content (AvgIpc) is 2.53. The number of amides is 1. The molecule has 1 aromatic heterocycles. The Hall–Kier alpha value is -2.01. The number of rotatable bonds is 2. The number of hydrogen-bond acceptors (Lipinski definition) is 4. The highest BCUT2D eigenvalue weighted by atomic mass is 16.2. The number of nitrogens with two attached hydrogens (primary N) is 1. The Bertz CT molecular complexity index is 658. The number of carbonyl (C=O) groups excluding carboxylic acids is 1. The Morgan fingerprint density at radius 2 is 2.14 bits per heavy atom. The zero-order chi connectivity index (χ0) is 14.8. The van der Waals surface area contributed by atoms with Gasteiger partial charge >= 0.3 is 0 Å². The lowest BCUT2D eigenvalue weighted by atomic mass is 9.91. The third kappa shape index (κ3) is 2.88. The molecule has 110 valence electrons. The van der Waals surface area contributed by atoms with E-state index in [0.29, 0.717) is 0 Å². The fourth-order valence-electron chi connectivity index (χ4n) is 2.95. The molecule has 0 bridgehead atoms. The fourth-order valence-corrected chi connectivity index (χ4v) is 2.95. The molecule has 2 atom stereocenters. The SMILES string of the molecule is CN(C(=O)c1ncc2ccccc2n1)C1CCCC(N)C1. The molecule has 2 N–H and O–H groups in total. The van der Waals surface area contributed by atoms with Gasteiger partial charge in [-0.2, -0.15) is 0 Å². The molecule has 5 nitrogen and oxygen atoms in total. The van der Waals surface area contributed by atoms with Crippen LogP contribution in [0, 0.1) is 0 Å². The van der Waals surface area contributed by atoms with Crippen LogP contribution in [0.2, 0.25) is 0 Å². The topological polar surface area (TPSA) is 72.1 Å². The van der Waals surface area contributed by atoms with Crippen LogP contribution in [0.5, 0.6) is 0 Å². The molecule has 0 radical (unpaired) electrons. The number of para-hydroxylation sites is 1. The van der Waals surface area contributed by atoms with Crippen molar-refractivity contribution >= 4 is 16.8 Å². The van der Waals surface area contributed by atoms with Crippen LogP contribution in [0.3, 0.4) is 0 Å². The summed E-state index contributed by atoms with van der Waals surface area (Å²) in [6.07, 6.45) is 5.68. The maximum Gasteiger partial charge on any atom is 0.291 e. The van der Waals surface area contributed by atoms with Crippen molar-refractivity contribution in [3.05, 3.63) is 36.3 Å². The van der Waals surface area contributed by atoms with Gasteiger partial charge in [0.05, 0.1) is 5.52 Å². The molecule has 2 unspecified atom stereocenters. The van der Waals surface area contributed by atoms with Crippen LogP contribution in [0.25, 0.3) is 10.9 Å². The molecular weight excluding hydrogens is 264 g/mol. The van der Waals surface area contributed by atoms with Gasteiger partial charge in [-0.1, -0.05) is 18.2 Å². The second-order valence-electron chi connectivity index (χ2n) is 5.75. The molecule has 0 aliphatic heterocycles. The summed E-state index contributed by atoms with van der Waals surface area (Å²) < 4.78 is 0. The van der Waals surface area contributed by atoms with Crippen molar-refractivity contribution in [1.82, 2.24) is 14.9 Å². The number of aromatic nitrogens is 2. The zero-order valence-electron chi connectivity index (χ0n) is 12.2. The van der Waals surface area contributed by atoms with Gasteiger partial charge in [-0.25, -0.2) is 9.97 Å². The van der Waals surface area contributed by atoms with E-state index in [0.717, 1.165) is 36.6 Å². The summed E-state index contributed by atoms with van der Waals surface area (Å²) >= 11 is 0. The minimum Gasteiger partial charge on any atom is -0.336 e. The first-order valence-corrected chi connectivity index (χ1v) is 7.39. The molecule has 1 heterocycles. The van der Waals surface area contributed by atoms with Gasteiger partial charge in [-0.05, 0) is 31.7 Å². The van der Waals surface area contributed by atoms with E-state index < -0.39 is 0 Å². The molecule has 1 aliphatic rings. The van der Waals surface area contributed by atoms with Crippen molar-refractivity contribution in [1.29, 1.82) is 0 Å². The third-order valence-electron chi connectivity index (χ3n) is 4.24. The molecule has 1 fully saturated rings. The van der Waals surface area contributed by atoms with Crippen LogP contribution >= 0.6 is 0 Å². The summed E-state index contributed by atoms with van der Waals surface area (Å²) in [6.45, 7) is 0. The van der Waals surface area contributed by atoms with Crippen LogP contribution in [0.15, 0.2) is 30.5 Å². The summed E-state index contributed by atoms with van der Waals surface area (Å²) in [6, 6.07) is 8.06. The Labute approximate surface area is 124 Å². The van der Waals surface area contributed by atoms with Crippen LogP contribution in [0.4, 0.5) is 0 Å². The van der Waals surface area contributed by atoms with Gasteiger partial charge in [0, 0.05) is 30.7 Å². The Morgan fingerprint density at radius 1 is 1.33 bits per heavy atom. The molecule has 0 spiro atoms. The van der Waals surface area contributed by atoms with Crippen LogP contribution in [-0.4, -0.2) is 39.9 Å². The lowest BCUT2D eigenvalue weighted by molar-refractivity contribution is 0.0676. The Balaban J connectivity index is 1.82. The minimum absolute atomic E-state index is 0.125. The summed E-state index contributed by atoms with van der Waals surface area (Å²) in [7, 11) is 1.82. The van der Waals surface area contributed by atoms with Crippen LogP contribution in [-0.2, 0) is 0 Å². The highest BCUT2D eigenvalue weighted by Crippen LogP contribution is 2.22. The predicted octanol–water partition coefficient (Wildman–Crippen LogP) is 1.97. The monoisotopic (exact) mass is 284 g/mol. The number of nitrogens with zero attached hydrogens (tertiary/aromatic N) is 3. The molecule has 0 saturated heterocycles.